The van der Waals surface area contributed by atoms with Crippen molar-refractivity contribution in [1.29, 1.82) is 0 Å². The molecule has 2 aliphatic heterocycles. The topological polar surface area (TPSA) is 33.3 Å². The van der Waals surface area contributed by atoms with Crippen LogP contribution in [0, 0.1) is 5.92 Å². The third-order valence-corrected chi connectivity index (χ3v) is 2.94. The Bertz CT molecular complexity index is 166. The Morgan fingerprint density at radius 1 is 1.42 bits per heavy atom. The second-order valence-corrected chi connectivity index (χ2v) is 4.19. The maximum atomic E-state index is 5.85. The van der Waals surface area contributed by atoms with Gasteiger partial charge in [0.05, 0.1) is 6.61 Å². The van der Waals surface area contributed by atoms with Gasteiger partial charge >= 0.3 is 0 Å². The van der Waals surface area contributed by atoms with Crippen LogP contribution in [-0.2, 0) is 4.74 Å². The molecule has 12 heavy (non-hydrogen) atoms. The molecule has 3 nitrogen and oxygen atoms in total. The van der Waals surface area contributed by atoms with Crippen molar-refractivity contribution in [3.8, 4) is 0 Å². The van der Waals surface area contributed by atoms with Gasteiger partial charge in [-0.3, -0.25) is 0 Å². The van der Waals surface area contributed by atoms with E-state index in [0.717, 1.165) is 26.2 Å². The van der Waals surface area contributed by atoms with Gasteiger partial charge in [0.25, 0.3) is 0 Å². The van der Waals surface area contributed by atoms with Crippen LogP contribution in [0.1, 0.15) is 13.8 Å². The van der Waals surface area contributed by atoms with Crippen molar-refractivity contribution in [3.05, 3.63) is 0 Å². The second-order valence-electron chi connectivity index (χ2n) is 4.19. The third-order valence-electron chi connectivity index (χ3n) is 2.94. The summed E-state index contributed by atoms with van der Waals surface area (Å²) in [5.41, 5.74) is 0.117. The Morgan fingerprint density at radius 3 is 2.58 bits per heavy atom. The molecule has 1 unspecified atom stereocenters. The first-order valence-electron chi connectivity index (χ1n) is 4.83. The highest BCUT2D eigenvalue weighted by molar-refractivity contribution is 5.06. The summed E-state index contributed by atoms with van der Waals surface area (Å²) in [6, 6.07) is 0.535. The van der Waals surface area contributed by atoms with Crippen molar-refractivity contribution in [2.24, 2.45) is 5.92 Å². The zero-order valence-corrected chi connectivity index (χ0v) is 7.89. The molecule has 2 heterocycles. The van der Waals surface area contributed by atoms with Crippen molar-refractivity contribution in [1.82, 2.24) is 10.6 Å². The van der Waals surface area contributed by atoms with E-state index in [4.69, 9.17) is 4.74 Å². The zero-order valence-electron chi connectivity index (χ0n) is 7.89. The van der Waals surface area contributed by atoms with Crippen LogP contribution in [0.3, 0.4) is 0 Å². The zero-order chi connectivity index (χ0) is 8.60. The fourth-order valence-corrected chi connectivity index (χ4v) is 2.28. The Labute approximate surface area is 73.9 Å². The fraction of sp³-hybridized carbons (Fsp3) is 1.00. The van der Waals surface area contributed by atoms with Crippen molar-refractivity contribution < 1.29 is 4.74 Å². The van der Waals surface area contributed by atoms with Crippen LogP contribution in [0.15, 0.2) is 0 Å². The Hall–Kier alpha value is -0.120. The maximum Gasteiger partial charge on any atom is 0.108 e. The average Bonchev–Trinajstić information content (AvgIpc) is 2.01. The Kier molecular flexibility index (Phi) is 2.10. The molecule has 2 aliphatic rings. The molecule has 0 aromatic carbocycles. The van der Waals surface area contributed by atoms with Gasteiger partial charge in [-0.25, -0.2) is 0 Å². The van der Waals surface area contributed by atoms with Crippen molar-refractivity contribution >= 4 is 0 Å². The number of hydrogen-bond acceptors (Lipinski definition) is 3. The molecule has 0 bridgehead atoms. The van der Waals surface area contributed by atoms with Gasteiger partial charge in [0.2, 0.25) is 0 Å². The number of ether oxygens (including phenoxy) is 1. The van der Waals surface area contributed by atoms with Gasteiger partial charge in [-0.15, -0.1) is 0 Å². The first-order valence-corrected chi connectivity index (χ1v) is 4.83. The monoisotopic (exact) mass is 170 g/mol. The lowest BCUT2D eigenvalue weighted by Crippen LogP contribution is -2.74. The lowest BCUT2D eigenvalue weighted by Gasteiger charge is -2.52. The summed E-state index contributed by atoms with van der Waals surface area (Å²) in [4.78, 5) is 0. The molecule has 0 saturated carbocycles. The molecule has 0 aromatic heterocycles. The molecule has 1 spiro atoms. The summed E-state index contributed by atoms with van der Waals surface area (Å²) >= 11 is 0. The van der Waals surface area contributed by atoms with Gasteiger partial charge in [-0.1, -0.05) is 13.8 Å². The first-order chi connectivity index (χ1) is 5.75. The van der Waals surface area contributed by atoms with Gasteiger partial charge in [-0.2, -0.15) is 0 Å². The van der Waals surface area contributed by atoms with E-state index in [0.29, 0.717) is 12.0 Å². The molecule has 1 atom stereocenters. The quantitative estimate of drug-likeness (QED) is 0.580. The molecule has 0 aliphatic carbocycles. The van der Waals surface area contributed by atoms with Gasteiger partial charge in [-0.05, 0) is 5.92 Å². The van der Waals surface area contributed by atoms with E-state index in [1.807, 2.05) is 0 Å². The first kappa shape index (κ1) is 8.48. The molecule has 70 valence electrons. The van der Waals surface area contributed by atoms with E-state index in [1.165, 1.54) is 0 Å². The van der Waals surface area contributed by atoms with E-state index < -0.39 is 0 Å². The van der Waals surface area contributed by atoms with Crippen LogP contribution in [0.25, 0.3) is 0 Å². The molecule has 2 N–H and O–H groups in total. The van der Waals surface area contributed by atoms with Crippen molar-refractivity contribution in [2.45, 2.75) is 25.5 Å². The highest BCUT2D eigenvalue weighted by Crippen LogP contribution is 2.28. The predicted octanol–water partition coefficient (Wildman–Crippen LogP) is -0.0272. The van der Waals surface area contributed by atoms with Crippen LogP contribution in [0.5, 0.6) is 0 Å². The minimum absolute atomic E-state index is 0.117. The SMILES string of the molecule is CC(C)C1NCCOC12CNC2. The minimum atomic E-state index is 0.117. The van der Waals surface area contributed by atoms with Crippen LogP contribution in [0.2, 0.25) is 0 Å². The van der Waals surface area contributed by atoms with Crippen molar-refractivity contribution in [2.75, 3.05) is 26.2 Å². The standard InChI is InChI=1S/C9H18N2O/c1-7(2)8-9(5-10-6-9)12-4-3-11-8/h7-8,10-11H,3-6H2,1-2H3. The maximum absolute atomic E-state index is 5.85. The highest BCUT2D eigenvalue weighted by Gasteiger charge is 2.48. The number of morpholine rings is 1. The second kappa shape index (κ2) is 2.98. The summed E-state index contributed by atoms with van der Waals surface area (Å²) < 4.78 is 5.85. The molecule has 2 saturated heterocycles. The Balaban J connectivity index is 2.06. The number of nitrogens with one attached hydrogen (secondary N) is 2. The van der Waals surface area contributed by atoms with Crippen molar-refractivity contribution in [3.63, 3.8) is 0 Å². The number of hydrogen-bond donors (Lipinski definition) is 2. The molecular weight excluding hydrogens is 152 g/mol. The van der Waals surface area contributed by atoms with Gasteiger partial charge in [0.1, 0.15) is 5.60 Å². The van der Waals surface area contributed by atoms with Crippen LogP contribution < -0.4 is 10.6 Å². The van der Waals surface area contributed by atoms with E-state index in [1.54, 1.807) is 0 Å². The van der Waals surface area contributed by atoms with E-state index in [-0.39, 0.29) is 5.60 Å². The largest absolute Gasteiger partial charge is 0.369 e. The van der Waals surface area contributed by atoms with Gasteiger partial charge in [0.15, 0.2) is 0 Å². The van der Waals surface area contributed by atoms with Crippen LogP contribution in [0.4, 0.5) is 0 Å². The molecule has 0 amide bonds. The summed E-state index contributed by atoms with van der Waals surface area (Å²) in [6.45, 7) is 8.42. The third kappa shape index (κ3) is 1.16. The summed E-state index contributed by atoms with van der Waals surface area (Å²) in [6.07, 6.45) is 0. The summed E-state index contributed by atoms with van der Waals surface area (Å²) in [5, 5.41) is 6.84. The van der Waals surface area contributed by atoms with Gasteiger partial charge in [0, 0.05) is 25.7 Å². The fourth-order valence-electron chi connectivity index (χ4n) is 2.28. The van der Waals surface area contributed by atoms with Crippen LogP contribution in [-0.4, -0.2) is 37.9 Å². The summed E-state index contributed by atoms with van der Waals surface area (Å²) in [7, 11) is 0. The lowest BCUT2D eigenvalue weighted by atomic mass is 9.80. The summed E-state index contributed by atoms with van der Waals surface area (Å²) in [5.74, 6) is 0.660. The molecule has 2 rings (SSSR count). The number of rotatable bonds is 1. The normalized spacial score (nSPS) is 33.8. The van der Waals surface area contributed by atoms with E-state index >= 15 is 0 Å². The van der Waals surface area contributed by atoms with E-state index in [9.17, 15) is 0 Å². The smallest absolute Gasteiger partial charge is 0.108 e. The van der Waals surface area contributed by atoms with Gasteiger partial charge < -0.3 is 15.4 Å². The minimum Gasteiger partial charge on any atom is -0.369 e. The predicted molar refractivity (Wildman–Crippen MR) is 48.2 cm³/mol. The average molecular weight is 170 g/mol. The highest BCUT2D eigenvalue weighted by atomic mass is 16.5. The molecule has 0 aromatic rings. The lowest BCUT2D eigenvalue weighted by molar-refractivity contribution is -0.136. The molecule has 3 heteroatoms. The molecule has 0 radical (unpaired) electrons. The van der Waals surface area contributed by atoms with Crippen LogP contribution >= 0.6 is 0 Å². The molecule has 2 fully saturated rings. The molecular formula is C9H18N2O. The van der Waals surface area contributed by atoms with E-state index in [2.05, 4.69) is 24.5 Å². The Morgan fingerprint density at radius 2 is 2.17 bits per heavy atom.